The van der Waals surface area contributed by atoms with Crippen LogP contribution in [0.1, 0.15) is 22.8 Å². The van der Waals surface area contributed by atoms with Crippen LogP contribution >= 0.6 is 22.6 Å². The van der Waals surface area contributed by atoms with Crippen molar-refractivity contribution in [1.82, 2.24) is 4.98 Å². The van der Waals surface area contributed by atoms with Crippen LogP contribution in [0, 0.1) is 3.70 Å². The first-order valence-electron chi connectivity index (χ1n) is 4.96. The number of aromatic nitrogens is 1. The first-order valence-corrected chi connectivity index (χ1v) is 6.04. The third-order valence-electron chi connectivity index (χ3n) is 1.94. The number of hydrogen-bond acceptors (Lipinski definition) is 4. The second kappa shape index (κ2) is 6.35. The maximum absolute atomic E-state index is 12.9. The van der Waals surface area contributed by atoms with Gasteiger partial charge in [-0.1, -0.05) is 0 Å². The molecule has 0 radical (unpaired) electrons. The summed E-state index contributed by atoms with van der Waals surface area (Å²) in [6, 6.07) is 0. The van der Waals surface area contributed by atoms with Crippen LogP contribution in [0.2, 0.25) is 0 Å². The lowest BCUT2D eigenvalue weighted by Crippen LogP contribution is -2.20. The van der Waals surface area contributed by atoms with Crippen molar-refractivity contribution >= 4 is 28.6 Å². The van der Waals surface area contributed by atoms with Crippen molar-refractivity contribution < 1.29 is 31.8 Å². The van der Waals surface area contributed by atoms with Gasteiger partial charge in [0.2, 0.25) is 0 Å². The Bertz CT molecular complexity index is 479. The molecule has 0 amide bonds. The molecule has 0 aliphatic carbocycles. The molecule has 0 saturated carbocycles. The maximum Gasteiger partial charge on any atom is 0.573 e. The van der Waals surface area contributed by atoms with E-state index in [1.807, 2.05) is 0 Å². The highest BCUT2D eigenvalue weighted by atomic mass is 127. The average molecular weight is 393 g/mol. The molecular weight excluding hydrogens is 385 g/mol. The molecule has 0 aliphatic heterocycles. The van der Waals surface area contributed by atoms with Crippen molar-refractivity contribution in [3.63, 3.8) is 0 Å². The van der Waals surface area contributed by atoms with Crippen LogP contribution in [-0.2, 0) is 11.4 Å². The summed E-state index contributed by atoms with van der Waals surface area (Å²) in [5.74, 6) is -1.79. The van der Waals surface area contributed by atoms with Crippen molar-refractivity contribution in [1.29, 1.82) is 0 Å². The number of hydrogen-bond donors (Lipinski definition) is 0. The first kappa shape index (κ1) is 15.9. The van der Waals surface area contributed by atoms with E-state index in [1.165, 1.54) is 6.92 Å². The highest BCUT2D eigenvalue weighted by Crippen LogP contribution is 2.31. The zero-order valence-corrected chi connectivity index (χ0v) is 11.7. The SMILES string of the molecule is CCOC(=O)c1c(I)ncc(OC(F)(F)F)c1CF. The Morgan fingerprint density at radius 1 is 1.47 bits per heavy atom. The van der Waals surface area contributed by atoms with Gasteiger partial charge in [-0.15, -0.1) is 13.2 Å². The number of carbonyl (C=O) groups excluding carboxylic acids is 1. The summed E-state index contributed by atoms with van der Waals surface area (Å²) in [5.41, 5.74) is -0.887. The summed E-state index contributed by atoms with van der Waals surface area (Å²) in [6.45, 7) is 0.215. The molecule has 1 heterocycles. The molecule has 0 unspecified atom stereocenters. The minimum absolute atomic E-state index is 0.00496. The van der Waals surface area contributed by atoms with Crippen molar-refractivity contribution in [3.05, 3.63) is 21.0 Å². The van der Waals surface area contributed by atoms with Gasteiger partial charge < -0.3 is 9.47 Å². The lowest BCUT2D eigenvalue weighted by molar-refractivity contribution is -0.275. The van der Waals surface area contributed by atoms with E-state index >= 15 is 0 Å². The Morgan fingerprint density at radius 2 is 2.11 bits per heavy atom. The van der Waals surface area contributed by atoms with Crippen LogP contribution < -0.4 is 4.74 Å². The summed E-state index contributed by atoms with van der Waals surface area (Å²) in [7, 11) is 0. The Hall–Kier alpha value is -1.13. The molecule has 0 N–H and O–H groups in total. The highest BCUT2D eigenvalue weighted by molar-refractivity contribution is 14.1. The average Bonchev–Trinajstić information content (AvgIpc) is 2.29. The molecule has 0 bridgehead atoms. The zero-order valence-electron chi connectivity index (χ0n) is 9.55. The predicted molar refractivity (Wildman–Crippen MR) is 64.4 cm³/mol. The van der Waals surface area contributed by atoms with Gasteiger partial charge in [0.25, 0.3) is 0 Å². The number of alkyl halides is 4. The minimum atomic E-state index is -5.00. The molecule has 4 nitrogen and oxygen atoms in total. The number of rotatable bonds is 4. The normalized spacial score (nSPS) is 11.3. The Balaban J connectivity index is 3.29. The van der Waals surface area contributed by atoms with Gasteiger partial charge in [0.1, 0.15) is 15.9 Å². The summed E-state index contributed by atoms with van der Waals surface area (Å²) in [6.07, 6.45) is -4.28. The monoisotopic (exact) mass is 393 g/mol. The summed E-state index contributed by atoms with van der Waals surface area (Å²) < 4.78 is 57.7. The molecule has 1 rings (SSSR count). The van der Waals surface area contributed by atoms with Gasteiger partial charge in [-0.05, 0) is 29.5 Å². The lowest BCUT2D eigenvalue weighted by atomic mass is 10.1. The molecule has 19 heavy (non-hydrogen) atoms. The van der Waals surface area contributed by atoms with Crippen LogP contribution in [0.15, 0.2) is 6.20 Å². The molecule has 106 valence electrons. The van der Waals surface area contributed by atoms with Gasteiger partial charge in [0, 0.05) is 5.56 Å². The molecule has 0 spiro atoms. The summed E-state index contributed by atoms with van der Waals surface area (Å²) in [4.78, 5) is 15.2. The quantitative estimate of drug-likeness (QED) is 0.341. The Morgan fingerprint density at radius 3 is 2.58 bits per heavy atom. The fraction of sp³-hybridized carbons (Fsp3) is 0.400. The Kier molecular flexibility index (Phi) is 5.32. The number of halogens is 5. The van der Waals surface area contributed by atoms with Gasteiger partial charge in [-0.25, -0.2) is 14.2 Å². The van der Waals surface area contributed by atoms with E-state index in [2.05, 4.69) is 14.5 Å². The van der Waals surface area contributed by atoms with Crippen LogP contribution in [0.5, 0.6) is 5.75 Å². The number of nitrogens with zero attached hydrogens (tertiary/aromatic N) is 1. The van der Waals surface area contributed by atoms with Gasteiger partial charge in [0.15, 0.2) is 5.75 Å². The van der Waals surface area contributed by atoms with Crippen LogP contribution in [0.3, 0.4) is 0 Å². The van der Waals surface area contributed by atoms with Crippen molar-refractivity contribution in [3.8, 4) is 5.75 Å². The fourth-order valence-electron chi connectivity index (χ4n) is 1.26. The second-order valence-electron chi connectivity index (χ2n) is 3.17. The summed E-state index contributed by atoms with van der Waals surface area (Å²) >= 11 is 1.60. The molecule has 0 saturated heterocycles. The van der Waals surface area contributed by atoms with Gasteiger partial charge in [-0.3, -0.25) is 0 Å². The third-order valence-corrected chi connectivity index (χ3v) is 2.76. The number of pyridine rings is 1. The fourth-order valence-corrected chi connectivity index (χ4v) is 1.95. The zero-order chi connectivity index (χ0) is 14.6. The van der Waals surface area contributed by atoms with Gasteiger partial charge >= 0.3 is 12.3 Å². The number of ether oxygens (including phenoxy) is 2. The number of carbonyl (C=O) groups is 1. The van der Waals surface area contributed by atoms with E-state index in [9.17, 15) is 22.4 Å². The molecule has 0 fully saturated rings. The largest absolute Gasteiger partial charge is 0.573 e. The molecule has 9 heteroatoms. The molecular formula is C10H8F4INO3. The molecule has 0 aromatic carbocycles. The van der Waals surface area contributed by atoms with Crippen LogP contribution in [0.25, 0.3) is 0 Å². The standard InChI is InChI=1S/C10H8F4INO3/c1-2-18-9(17)7-5(3-11)6(4-16-8(7)15)19-10(12,13)14/h4H,2-3H2,1H3. The van der Waals surface area contributed by atoms with E-state index in [4.69, 9.17) is 0 Å². The Labute approximate surface area is 119 Å². The molecule has 1 aromatic heterocycles. The van der Waals surface area contributed by atoms with Crippen molar-refractivity contribution in [2.45, 2.75) is 20.0 Å². The van der Waals surface area contributed by atoms with E-state index in [1.54, 1.807) is 22.6 Å². The molecule has 0 aliphatic rings. The smallest absolute Gasteiger partial charge is 0.462 e. The first-order chi connectivity index (χ1) is 8.80. The van der Waals surface area contributed by atoms with E-state index < -0.39 is 30.3 Å². The van der Waals surface area contributed by atoms with Crippen LogP contribution in [-0.4, -0.2) is 23.9 Å². The highest BCUT2D eigenvalue weighted by Gasteiger charge is 2.34. The minimum Gasteiger partial charge on any atom is -0.462 e. The van der Waals surface area contributed by atoms with Gasteiger partial charge in [-0.2, -0.15) is 0 Å². The van der Waals surface area contributed by atoms with Crippen LogP contribution in [0.4, 0.5) is 17.6 Å². The van der Waals surface area contributed by atoms with E-state index in [-0.39, 0.29) is 15.9 Å². The molecule has 1 aromatic rings. The van der Waals surface area contributed by atoms with E-state index in [0.717, 1.165) is 0 Å². The predicted octanol–water partition coefficient (Wildman–Crippen LogP) is 3.23. The van der Waals surface area contributed by atoms with E-state index in [0.29, 0.717) is 6.20 Å². The van der Waals surface area contributed by atoms with Crippen molar-refractivity contribution in [2.24, 2.45) is 0 Å². The van der Waals surface area contributed by atoms with Crippen molar-refractivity contribution in [2.75, 3.05) is 6.61 Å². The number of esters is 1. The topological polar surface area (TPSA) is 48.4 Å². The maximum atomic E-state index is 12.9. The van der Waals surface area contributed by atoms with Gasteiger partial charge in [0.05, 0.1) is 12.8 Å². The summed E-state index contributed by atoms with van der Waals surface area (Å²) in [5, 5.41) is 0. The second-order valence-corrected chi connectivity index (χ2v) is 4.19. The lowest BCUT2D eigenvalue weighted by Gasteiger charge is -2.14. The molecule has 0 atom stereocenters. The third kappa shape index (κ3) is 4.18.